The smallest absolute Gasteiger partial charge is 0.308 e. The summed E-state index contributed by atoms with van der Waals surface area (Å²) in [7, 11) is 0. The Morgan fingerprint density at radius 1 is 1.00 bits per heavy atom. The lowest BCUT2D eigenvalue weighted by molar-refractivity contribution is -0.144. The number of carbonyl (C=O) groups excluding carboxylic acids is 1. The van der Waals surface area contributed by atoms with E-state index in [4.69, 9.17) is 0 Å². The van der Waals surface area contributed by atoms with Crippen LogP contribution in [0, 0.1) is 5.92 Å². The van der Waals surface area contributed by atoms with Crippen molar-refractivity contribution in [3.63, 3.8) is 0 Å². The Morgan fingerprint density at radius 3 is 2.53 bits per heavy atom. The lowest BCUT2D eigenvalue weighted by Gasteiger charge is -2.30. The molecule has 1 saturated heterocycles. The molecule has 5 nitrogen and oxygen atoms in total. The average Bonchev–Trinajstić information content (AvgIpc) is 2.68. The Morgan fingerprint density at radius 2 is 1.74 bits per heavy atom. The SMILES string of the molecule is O=C(NC1CCCCC1C(=O)O)C1CCCCCN1. The van der Waals surface area contributed by atoms with Gasteiger partial charge in [0.15, 0.2) is 0 Å². The third kappa shape index (κ3) is 3.93. The van der Waals surface area contributed by atoms with E-state index in [1.807, 2.05) is 0 Å². The van der Waals surface area contributed by atoms with Gasteiger partial charge in [-0.05, 0) is 32.2 Å². The van der Waals surface area contributed by atoms with Crippen LogP contribution in [0.2, 0.25) is 0 Å². The lowest BCUT2D eigenvalue weighted by atomic mass is 9.84. The zero-order chi connectivity index (χ0) is 13.7. The molecule has 1 aliphatic carbocycles. The first-order valence-electron chi connectivity index (χ1n) is 7.45. The molecule has 0 spiro atoms. The van der Waals surface area contributed by atoms with Crippen molar-refractivity contribution in [3.05, 3.63) is 0 Å². The van der Waals surface area contributed by atoms with Crippen LogP contribution in [0.15, 0.2) is 0 Å². The number of carbonyl (C=O) groups is 2. The maximum Gasteiger partial charge on any atom is 0.308 e. The number of nitrogens with one attached hydrogen (secondary N) is 2. The molecule has 3 atom stereocenters. The first-order valence-corrected chi connectivity index (χ1v) is 7.45. The summed E-state index contributed by atoms with van der Waals surface area (Å²) in [4.78, 5) is 23.4. The predicted molar refractivity (Wildman–Crippen MR) is 71.8 cm³/mol. The van der Waals surface area contributed by atoms with Crippen LogP contribution in [0.1, 0.15) is 51.4 Å². The van der Waals surface area contributed by atoms with Gasteiger partial charge in [0.1, 0.15) is 0 Å². The summed E-state index contributed by atoms with van der Waals surface area (Å²) in [5, 5.41) is 15.4. The molecule has 0 aromatic rings. The van der Waals surface area contributed by atoms with Crippen molar-refractivity contribution in [3.8, 4) is 0 Å². The number of carboxylic acids is 1. The Bertz CT molecular complexity index is 325. The van der Waals surface area contributed by atoms with Gasteiger partial charge in [-0.2, -0.15) is 0 Å². The third-order valence-electron chi connectivity index (χ3n) is 4.29. The second kappa shape index (κ2) is 6.89. The molecule has 108 valence electrons. The summed E-state index contributed by atoms with van der Waals surface area (Å²) < 4.78 is 0. The predicted octanol–water partition coefficient (Wildman–Crippen LogP) is 1.28. The van der Waals surface area contributed by atoms with Gasteiger partial charge in [0.05, 0.1) is 12.0 Å². The van der Waals surface area contributed by atoms with Gasteiger partial charge in [-0.15, -0.1) is 0 Å². The quantitative estimate of drug-likeness (QED) is 0.720. The number of hydrogen-bond acceptors (Lipinski definition) is 3. The third-order valence-corrected chi connectivity index (χ3v) is 4.29. The van der Waals surface area contributed by atoms with Crippen molar-refractivity contribution in [2.24, 2.45) is 5.92 Å². The highest BCUT2D eigenvalue weighted by Crippen LogP contribution is 2.25. The molecule has 3 N–H and O–H groups in total. The monoisotopic (exact) mass is 268 g/mol. The van der Waals surface area contributed by atoms with E-state index in [0.717, 1.165) is 51.5 Å². The maximum absolute atomic E-state index is 12.2. The van der Waals surface area contributed by atoms with Gasteiger partial charge < -0.3 is 15.7 Å². The topological polar surface area (TPSA) is 78.4 Å². The van der Waals surface area contributed by atoms with Crippen LogP contribution < -0.4 is 10.6 Å². The fourth-order valence-electron chi connectivity index (χ4n) is 3.13. The standard InChI is InChI=1S/C14H24N2O3/c17-13(12-8-2-1-5-9-15-12)16-11-7-4-3-6-10(11)14(18)19/h10-12,15H,1-9H2,(H,16,17)(H,18,19). The van der Waals surface area contributed by atoms with Gasteiger partial charge in [0.2, 0.25) is 5.91 Å². The highest BCUT2D eigenvalue weighted by Gasteiger charge is 2.33. The second-order valence-corrected chi connectivity index (χ2v) is 5.70. The molecule has 3 unspecified atom stereocenters. The molecule has 0 radical (unpaired) electrons. The molecule has 0 bridgehead atoms. The van der Waals surface area contributed by atoms with E-state index >= 15 is 0 Å². The summed E-state index contributed by atoms with van der Waals surface area (Å²) >= 11 is 0. The Kier molecular flexibility index (Phi) is 5.19. The molecule has 2 aliphatic rings. The minimum absolute atomic E-state index is 0.0138. The molecule has 5 heteroatoms. The van der Waals surface area contributed by atoms with E-state index in [2.05, 4.69) is 10.6 Å². The van der Waals surface area contributed by atoms with Crippen LogP contribution in [0.5, 0.6) is 0 Å². The van der Waals surface area contributed by atoms with E-state index in [9.17, 15) is 14.7 Å². The van der Waals surface area contributed by atoms with Crippen molar-refractivity contribution in [1.82, 2.24) is 10.6 Å². The summed E-state index contributed by atoms with van der Waals surface area (Å²) in [6.45, 7) is 0.880. The van der Waals surface area contributed by atoms with Crippen LogP contribution in [-0.2, 0) is 9.59 Å². The fraction of sp³-hybridized carbons (Fsp3) is 0.857. The van der Waals surface area contributed by atoms with Gasteiger partial charge in [-0.1, -0.05) is 25.7 Å². The zero-order valence-corrected chi connectivity index (χ0v) is 11.4. The molecular formula is C14H24N2O3. The number of amides is 1. The lowest BCUT2D eigenvalue weighted by Crippen LogP contribution is -2.51. The van der Waals surface area contributed by atoms with E-state index < -0.39 is 11.9 Å². The summed E-state index contributed by atoms with van der Waals surface area (Å²) in [6, 6.07) is -0.331. The number of rotatable bonds is 3. The molecule has 2 rings (SSSR count). The van der Waals surface area contributed by atoms with Gasteiger partial charge in [-0.25, -0.2) is 0 Å². The fourth-order valence-corrected chi connectivity index (χ4v) is 3.13. The Hall–Kier alpha value is -1.10. The molecule has 0 aromatic heterocycles. The molecule has 1 heterocycles. The van der Waals surface area contributed by atoms with Crippen LogP contribution in [0.3, 0.4) is 0 Å². The van der Waals surface area contributed by atoms with Crippen LogP contribution >= 0.6 is 0 Å². The summed E-state index contributed by atoms with van der Waals surface area (Å²) in [6.07, 6.45) is 7.63. The van der Waals surface area contributed by atoms with E-state index in [0.29, 0.717) is 6.42 Å². The molecule has 19 heavy (non-hydrogen) atoms. The normalized spacial score (nSPS) is 32.3. The highest BCUT2D eigenvalue weighted by molar-refractivity contribution is 5.83. The van der Waals surface area contributed by atoms with Crippen LogP contribution in [0.25, 0.3) is 0 Å². The zero-order valence-electron chi connectivity index (χ0n) is 11.4. The number of hydrogen-bond donors (Lipinski definition) is 3. The van der Waals surface area contributed by atoms with Crippen molar-refractivity contribution in [2.45, 2.75) is 63.5 Å². The second-order valence-electron chi connectivity index (χ2n) is 5.70. The van der Waals surface area contributed by atoms with Crippen molar-refractivity contribution in [2.75, 3.05) is 6.54 Å². The molecule has 1 saturated carbocycles. The highest BCUT2D eigenvalue weighted by atomic mass is 16.4. The number of carboxylic acid groups (broad SMARTS) is 1. The number of aliphatic carboxylic acids is 1. The summed E-state index contributed by atoms with van der Waals surface area (Å²) in [5.74, 6) is -1.21. The largest absolute Gasteiger partial charge is 0.481 e. The molecule has 0 aromatic carbocycles. The Labute approximate surface area is 114 Å². The molecule has 1 amide bonds. The average molecular weight is 268 g/mol. The van der Waals surface area contributed by atoms with Crippen molar-refractivity contribution < 1.29 is 14.7 Å². The van der Waals surface area contributed by atoms with Gasteiger partial charge >= 0.3 is 5.97 Å². The summed E-state index contributed by atoms with van der Waals surface area (Å²) in [5.41, 5.74) is 0. The first kappa shape index (κ1) is 14.3. The van der Waals surface area contributed by atoms with E-state index in [-0.39, 0.29) is 18.0 Å². The van der Waals surface area contributed by atoms with Crippen LogP contribution in [-0.4, -0.2) is 35.6 Å². The van der Waals surface area contributed by atoms with E-state index in [1.165, 1.54) is 0 Å². The molecule has 1 aliphatic heterocycles. The minimum atomic E-state index is -0.779. The van der Waals surface area contributed by atoms with Crippen molar-refractivity contribution in [1.29, 1.82) is 0 Å². The van der Waals surface area contributed by atoms with Crippen molar-refractivity contribution >= 4 is 11.9 Å². The van der Waals surface area contributed by atoms with Gasteiger partial charge in [0, 0.05) is 6.04 Å². The molecular weight excluding hydrogens is 244 g/mol. The van der Waals surface area contributed by atoms with E-state index in [1.54, 1.807) is 0 Å². The van der Waals surface area contributed by atoms with Gasteiger partial charge in [0.25, 0.3) is 0 Å². The van der Waals surface area contributed by atoms with Crippen LogP contribution in [0.4, 0.5) is 0 Å². The first-order chi connectivity index (χ1) is 9.18. The Balaban J connectivity index is 1.90. The maximum atomic E-state index is 12.2. The van der Waals surface area contributed by atoms with Gasteiger partial charge in [-0.3, -0.25) is 9.59 Å². The minimum Gasteiger partial charge on any atom is -0.481 e. The molecule has 2 fully saturated rings.